The van der Waals surface area contributed by atoms with E-state index in [1.165, 1.54) is 0 Å². The van der Waals surface area contributed by atoms with Crippen molar-refractivity contribution in [3.63, 3.8) is 0 Å². The molecule has 3 aromatic carbocycles. The quantitative estimate of drug-likeness (QED) is 0.352. The van der Waals surface area contributed by atoms with Gasteiger partial charge in [-0.15, -0.1) is 0 Å². The lowest BCUT2D eigenvalue weighted by molar-refractivity contribution is -0.138. The van der Waals surface area contributed by atoms with Gasteiger partial charge < -0.3 is 20.2 Å². The lowest BCUT2D eigenvalue weighted by atomic mass is 9.80. The zero-order valence-electron chi connectivity index (χ0n) is 21.7. The first-order chi connectivity index (χ1) is 17.0. The van der Waals surface area contributed by atoms with E-state index in [4.69, 9.17) is 5.11 Å². The fraction of sp³-hybridized carbons (Fsp3) is 0.333. The Hall–Kier alpha value is -3.48. The summed E-state index contributed by atoms with van der Waals surface area (Å²) in [6.07, 6.45) is 0.630. The molecule has 1 unspecified atom stereocenters. The van der Waals surface area contributed by atoms with Crippen LogP contribution in [0, 0.1) is 5.92 Å². The Bertz CT molecular complexity index is 1140. The van der Waals surface area contributed by atoms with Gasteiger partial charge in [-0.1, -0.05) is 74.5 Å². The molecule has 0 bridgehead atoms. The van der Waals surface area contributed by atoms with Gasteiger partial charge in [-0.25, -0.2) is 0 Å². The molecule has 0 saturated heterocycles. The molecule has 0 saturated carbocycles. The van der Waals surface area contributed by atoms with Crippen molar-refractivity contribution >= 4 is 11.8 Å². The number of nitrogens with zero attached hydrogens (tertiary/aromatic N) is 1. The summed E-state index contributed by atoms with van der Waals surface area (Å²) in [7, 11) is 3.99. The van der Waals surface area contributed by atoms with Gasteiger partial charge in [0.25, 0.3) is 0 Å². The number of phenols is 1. The van der Waals surface area contributed by atoms with Crippen molar-refractivity contribution in [2.45, 2.75) is 38.7 Å². The predicted molar refractivity (Wildman–Crippen MR) is 142 cm³/mol. The van der Waals surface area contributed by atoms with Crippen molar-refractivity contribution < 1.29 is 24.9 Å². The molecule has 0 heterocycles. The highest BCUT2D eigenvalue weighted by molar-refractivity contribution is 6.09. The highest BCUT2D eigenvalue weighted by atomic mass is 16.4. The van der Waals surface area contributed by atoms with Gasteiger partial charge in [0.05, 0.1) is 11.5 Å². The monoisotopic (exact) mass is 491 g/mol. The fourth-order valence-corrected chi connectivity index (χ4v) is 4.16. The number of aliphatic hydroxyl groups is 1. The van der Waals surface area contributed by atoms with E-state index >= 15 is 0 Å². The summed E-state index contributed by atoms with van der Waals surface area (Å²) in [4.78, 5) is 25.3. The number of ketones is 1. The number of carboxylic acid groups (broad SMARTS) is 1. The molecule has 0 radical (unpaired) electrons. The van der Waals surface area contributed by atoms with E-state index in [1.807, 2.05) is 40.1 Å². The molecule has 36 heavy (non-hydrogen) atoms. The highest BCUT2D eigenvalue weighted by Crippen LogP contribution is 2.34. The second-order valence-corrected chi connectivity index (χ2v) is 9.37. The third-order valence-electron chi connectivity index (χ3n) is 6.39. The lowest BCUT2D eigenvalue weighted by Gasteiger charge is -2.35. The minimum Gasteiger partial charge on any atom is -0.508 e. The Balaban J connectivity index is 0.000000255. The number of hydrogen-bond acceptors (Lipinski definition) is 5. The van der Waals surface area contributed by atoms with Crippen LogP contribution in [0.25, 0.3) is 0 Å². The van der Waals surface area contributed by atoms with Crippen LogP contribution in [0.3, 0.4) is 0 Å². The maximum absolute atomic E-state index is 12.2. The second kappa shape index (κ2) is 13.0. The van der Waals surface area contributed by atoms with E-state index in [-0.39, 0.29) is 17.5 Å². The van der Waals surface area contributed by atoms with Crippen molar-refractivity contribution in [1.82, 2.24) is 4.90 Å². The van der Waals surface area contributed by atoms with Crippen LogP contribution in [0.15, 0.2) is 78.9 Å². The maximum Gasteiger partial charge on any atom is 0.310 e. The van der Waals surface area contributed by atoms with E-state index in [2.05, 4.69) is 4.90 Å². The van der Waals surface area contributed by atoms with Crippen molar-refractivity contribution in [3.8, 4) is 5.75 Å². The third kappa shape index (κ3) is 7.51. The summed E-state index contributed by atoms with van der Waals surface area (Å²) in [6.45, 7) is 6.41. The van der Waals surface area contributed by atoms with Gasteiger partial charge in [-0.3, -0.25) is 9.59 Å². The SMILES string of the molecule is CC(C(=O)O)c1cccc(C(=O)c2ccccc2)c1.CC[C@](O)(c1cccc(O)c1)[C@H](C)CN(C)C. The van der Waals surface area contributed by atoms with E-state index in [0.717, 1.165) is 12.1 Å². The normalized spacial score (nSPS) is 14.2. The number of aliphatic carboxylic acids is 1. The predicted octanol–water partition coefficient (Wildman–Crippen LogP) is 5.29. The number of benzene rings is 3. The first-order valence-corrected chi connectivity index (χ1v) is 12.1. The molecule has 0 spiro atoms. The van der Waals surface area contributed by atoms with Crippen LogP contribution >= 0.6 is 0 Å². The number of hydrogen-bond donors (Lipinski definition) is 3. The minimum absolute atomic E-state index is 0.0972. The van der Waals surface area contributed by atoms with Crippen LogP contribution in [0.2, 0.25) is 0 Å². The zero-order chi connectivity index (χ0) is 26.9. The van der Waals surface area contributed by atoms with Gasteiger partial charge in [0, 0.05) is 23.6 Å². The molecule has 0 aliphatic carbocycles. The molecule has 3 aromatic rings. The van der Waals surface area contributed by atoms with E-state index in [9.17, 15) is 19.8 Å². The molecular formula is C30H37NO5. The van der Waals surface area contributed by atoms with Gasteiger partial charge in [0.15, 0.2) is 5.78 Å². The molecule has 192 valence electrons. The summed E-state index contributed by atoms with van der Waals surface area (Å²) < 4.78 is 0. The molecular weight excluding hydrogens is 454 g/mol. The number of carbonyl (C=O) groups is 2. The number of aromatic hydroxyl groups is 1. The number of carbonyl (C=O) groups excluding carboxylic acids is 1. The van der Waals surface area contributed by atoms with Crippen LogP contribution < -0.4 is 0 Å². The molecule has 0 amide bonds. The molecule has 0 fully saturated rings. The van der Waals surface area contributed by atoms with Crippen LogP contribution in [0.4, 0.5) is 0 Å². The Labute approximate surface area is 213 Å². The molecule has 3 rings (SSSR count). The van der Waals surface area contributed by atoms with Crippen molar-refractivity contribution in [2.24, 2.45) is 5.92 Å². The van der Waals surface area contributed by atoms with Crippen LogP contribution in [-0.4, -0.2) is 52.6 Å². The molecule has 0 aliphatic rings. The lowest BCUT2D eigenvalue weighted by Crippen LogP contribution is -2.38. The average Bonchev–Trinajstić information content (AvgIpc) is 2.87. The van der Waals surface area contributed by atoms with Crippen LogP contribution in [0.5, 0.6) is 5.75 Å². The van der Waals surface area contributed by atoms with Gasteiger partial charge in [0.1, 0.15) is 5.75 Å². The van der Waals surface area contributed by atoms with Gasteiger partial charge in [-0.2, -0.15) is 0 Å². The molecule has 6 heteroatoms. The first kappa shape index (κ1) is 28.8. The average molecular weight is 492 g/mol. The Morgan fingerprint density at radius 1 is 0.889 bits per heavy atom. The number of phenolic OH excluding ortho intramolecular Hbond substituents is 1. The summed E-state index contributed by atoms with van der Waals surface area (Å²) in [5.74, 6) is -1.32. The molecule has 0 aromatic heterocycles. The molecule has 0 aliphatic heterocycles. The minimum atomic E-state index is -0.899. The standard InChI is InChI=1S/C16H14O3.C14H23NO2/c1-11(16(18)19)13-8-5-9-14(10-13)15(17)12-6-3-2-4-7-12;1-5-14(17,11(2)10-15(3)4)12-7-6-8-13(16)9-12/h2-11H,1H3,(H,18,19);6-9,11,16-17H,5,10H2,1-4H3/t;11-,14-/m.1/s1. The fourth-order valence-electron chi connectivity index (χ4n) is 4.16. The summed E-state index contributed by atoms with van der Waals surface area (Å²) in [5, 5.41) is 29.3. The van der Waals surface area contributed by atoms with Crippen molar-refractivity contribution in [2.75, 3.05) is 20.6 Å². The molecule has 3 atom stereocenters. The molecule has 3 N–H and O–H groups in total. The first-order valence-electron chi connectivity index (χ1n) is 12.1. The molecule has 6 nitrogen and oxygen atoms in total. The largest absolute Gasteiger partial charge is 0.508 e. The van der Waals surface area contributed by atoms with Crippen molar-refractivity contribution in [1.29, 1.82) is 0 Å². The Kier molecular flexibility index (Phi) is 10.4. The number of rotatable bonds is 9. The summed E-state index contributed by atoms with van der Waals surface area (Å²) >= 11 is 0. The second-order valence-electron chi connectivity index (χ2n) is 9.37. The van der Waals surface area contributed by atoms with E-state index in [0.29, 0.717) is 23.1 Å². The van der Waals surface area contributed by atoms with Crippen LogP contribution in [0.1, 0.15) is 60.2 Å². The maximum atomic E-state index is 12.2. The summed E-state index contributed by atoms with van der Waals surface area (Å²) in [6, 6.07) is 22.6. The van der Waals surface area contributed by atoms with E-state index < -0.39 is 17.5 Å². The van der Waals surface area contributed by atoms with Gasteiger partial charge >= 0.3 is 5.97 Å². The Morgan fingerprint density at radius 3 is 2.06 bits per heavy atom. The highest BCUT2D eigenvalue weighted by Gasteiger charge is 2.34. The zero-order valence-corrected chi connectivity index (χ0v) is 21.7. The topological polar surface area (TPSA) is 98.1 Å². The Morgan fingerprint density at radius 2 is 1.50 bits per heavy atom. The van der Waals surface area contributed by atoms with Gasteiger partial charge in [-0.05, 0) is 56.8 Å². The smallest absolute Gasteiger partial charge is 0.310 e. The van der Waals surface area contributed by atoms with Crippen molar-refractivity contribution in [3.05, 3.63) is 101 Å². The van der Waals surface area contributed by atoms with E-state index in [1.54, 1.807) is 73.7 Å². The number of carboxylic acids is 1. The summed E-state index contributed by atoms with van der Waals surface area (Å²) in [5.41, 5.74) is 1.64. The third-order valence-corrected chi connectivity index (χ3v) is 6.39. The van der Waals surface area contributed by atoms with Gasteiger partial charge in [0.2, 0.25) is 0 Å². The van der Waals surface area contributed by atoms with Crippen LogP contribution in [-0.2, 0) is 10.4 Å².